The van der Waals surface area contributed by atoms with E-state index >= 15 is 0 Å². The van der Waals surface area contributed by atoms with Crippen LogP contribution in [0, 0.1) is 6.92 Å². The first-order valence-corrected chi connectivity index (χ1v) is 6.30. The Hall–Kier alpha value is -2.07. The number of hydrogen-bond donors (Lipinski definition) is 1. The summed E-state index contributed by atoms with van der Waals surface area (Å²) in [6.45, 7) is 2.79. The van der Waals surface area contributed by atoms with Crippen molar-refractivity contribution in [2.45, 2.75) is 19.9 Å². The molecule has 4 nitrogen and oxygen atoms in total. The fourth-order valence-corrected chi connectivity index (χ4v) is 1.86. The molecule has 1 aromatic heterocycles. The van der Waals surface area contributed by atoms with Gasteiger partial charge in [0.1, 0.15) is 5.76 Å². The minimum atomic E-state index is 0.00255. The summed E-state index contributed by atoms with van der Waals surface area (Å²) in [5.74, 6) is 0.758. The van der Waals surface area contributed by atoms with Crippen LogP contribution in [0.15, 0.2) is 47.1 Å². The van der Waals surface area contributed by atoms with Gasteiger partial charge in [-0.05, 0) is 31.2 Å². The number of hydrogen-bond acceptors (Lipinski definition) is 3. The third-order valence-electron chi connectivity index (χ3n) is 2.90. The summed E-state index contributed by atoms with van der Waals surface area (Å²) in [6, 6.07) is 11.5. The molecule has 1 aromatic carbocycles. The molecule has 0 unspecified atom stereocenters. The predicted molar refractivity (Wildman–Crippen MR) is 74.7 cm³/mol. The van der Waals surface area contributed by atoms with Crippen LogP contribution >= 0.6 is 0 Å². The maximum atomic E-state index is 12.2. The van der Waals surface area contributed by atoms with E-state index in [2.05, 4.69) is 0 Å². The summed E-state index contributed by atoms with van der Waals surface area (Å²) >= 11 is 0. The summed E-state index contributed by atoms with van der Waals surface area (Å²) in [5, 5.41) is 0. The number of rotatable bonds is 5. The number of amides is 1. The van der Waals surface area contributed by atoms with E-state index in [4.69, 9.17) is 10.2 Å². The van der Waals surface area contributed by atoms with Gasteiger partial charge in [0.2, 0.25) is 5.91 Å². The number of carbonyl (C=O) groups excluding carboxylic acids is 1. The summed E-state index contributed by atoms with van der Waals surface area (Å²) in [6.07, 6.45) is 1.94. The van der Waals surface area contributed by atoms with Crippen molar-refractivity contribution in [2.24, 2.45) is 5.73 Å². The van der Waals surface area contributed by atoms with Crippen molar-refractivity contribution in [3.63, 3.8) is 0 Å². The Balaban J connectivity index is 2.23. The van der Waals surface area contributed by atoms with Crippen LogP contribution in [0.25, 0.3) is 0 Å². The average Bonchev–Trinajstić information content (AvgIpc) is 2.90. The number of nitrogens with zero attached hydrogens (tertiary/aromatic N) is 1. The second kappa shape index (κ2) is 6.20. The van der Waals surface area contributed by atoms with E-state index in [1.165, 1.54) is 0 Å². The molecule has 0 fully saturated rings. The van der Waals surface area contributed by atoms with Crippen LogP contribution in [-0.4, -0.2) is 12.5 Å². The zero-order valence-corrected chi connectivity index (χ0v) is 11.0. The van der Waals surface area contributed by atoms with Crippen molar-refractivity contribution in [1.29, 1.82) is 0 Å². The third kappa shape index (κ3) is 3.45. The Kier molecular flexibility index (Phi) is 4.36. The topological polar surface area (TPSA) is 59.5 Å². The Bertz CT molecular complexity index is 518. The van der Waals surface area contributed by atoms with Gasteiger partial charge in [-0.15, -0.1) is 0 Å². The largest absolute Gasteiger partial charge is 0.467 e. The zero-order chi connectivity index (χ0) is 13.7. The quantitative estimate of drug-likeness (QED) is 0.896. The van der Waals surface area contributed by atoms with Gasteiger partial charge in [-0.3, -0.25) is 4.79 Å². The van der Waals surface area contributed by atoms with Crippen LogP contribution < -0.4 is 10.6 Å². The molecule has 0 atom stereocenters. The predicted octanol–water partition coefficient (Wildman–Crippen LogP) is 2.47. The Labute approximate surface area is 112 Å². The first-order chi connectivity index (χ1) is 9.20. The van der Waals surface area contributed by atoms with Gasteiger partial charge in [0.05, 0.1) is 12.8 Å². The number of furan rings is 1. The van der Waals surface area contributed by atoms with Crippen LogP contribution in [0.1, 0.15) is 17.7 Å². The normalized spacial score (nSPS) is 10.4. The van der Waals surface area contributed by atoms with Crippen molar-refractivity contribution >= 4 is 11.6 Å². The van der Waals surface area contributed by atoms with Gasteiger partial charge in [-0.25, -0.2) is 0 Å². The Morgan fingerprint density at radius 3 is 2.58 bits per heavy atom. The fraction of sp³-hybridized carbons (Fsp3) is 0.267. The average molecular weight is 258 g/mol. The maximum absolute atomic E-state index is 12.2. The molecule has 4 heteroatoms. The highest BCUT2D eigenvalue weighted by atomic mass is 16.3. The van der Waals surface area contributed by atoms with E-state index in [-0.39, 0.29) is 5.91 Å². The molecule has 0 bridgehead atoms. The highest BCUT2D eigenvalue weighted by Gasteiger charge is 2.16. The van der Waals surface area contributed by atoms with Gasteiger partial charge >= 0.3 is 0 Å². The third-order valence-corrected chi connectivity index (χ3v) is 2.90. The lowest BCUT2D eigenvalue weighted by atomic mass is 10.2. The van der Waals surface area contributed by atoms with Gasteiger partial charge in [-0.2, -0.15) is 0 Å². The number of benzene rings is 1. The number of aryl methyl sites for hydroxylation is 1. The summed E-state index contributed by atoms with van der Waals surface area (Å²) in [7, 11) is 0. The fourth-order valence-electron chi connectivity index (χ4n) is 1.86. The summed E-state index contributed by atoms with van der Waals surface area (Å²) < 4.78 is 5.31. The molecule has 0 saturated carbocycles. The van der Waals surface area contributed by atoms with E-state index in [9.17, 15) is 4.79 Å². The summed E-state index contributed by atoms with van der Waals surface area (Å²) in [4.78, 5) is 13.9. The monoisotopic (exact) mass is 258 g/mol. The molecule has 2 rings (SSSR count). The van der Waals surface area contributed by atoms with Gasteiger partial charge in [0, 0.05) is 18.7 Å². The molecule has 19 heavy (non-hydrogen) atoms. The Morgan fingerprint density at radius 1 is 1.26 bits per heavy atom. The minimum absolute atomic E-state index is 0.00255. The lowest BCUT2D eigenvalue weighted by Gasteiger charge is -2.21. The van der Waals surface area contributed by atoms with Crippen LogP contribution in [0.5, 0.6) is 0 Å². The van der Waals surface area contributed by atoms with Crippen molar-refractivity contribution in [3.05, 3.63) is 54.0 Å². The molecule has 0 spiro atoms. The lowest BCUT2D eigenvalue weighted by molar-refractivity contribution is -0.118. The minimum Gasteiger partial charge on any atom is -0.467 e. The number of anilines is 1. The van der Waals surface area contributed by atoms with Crippen LogP contribution in [0.4, 0.5) is 5.69 Å². The highest BCUT2D eigenvalue weighted by molar-refractivity contribution is 5.93. The standard InChI is InChI=1S/C15H18N2O2/c1-12-4-6-13(7-5-12)17(15(18)8-9-16)11-14-3-2-10-19-14/h2-7,10H,8-9,11,16H2,1H3. The first-order valence-electron chi connectivity index (χ1n) is 6.30. The van der Waals surface area contributed by atoms with E-state index in [0.717, 1.165) is 17.0 Å². The molecule has 2 N–H and O–H groups in total. The zero-order valence-electron chi connectivity index (χ0n) is 11.0. The van der Waals surface area contributed by atoms with Crippen molar-refractivity contribution in [3.8, 4) is 0 Å². The molecular weight excluding hydrogens is 240 g/mol. The Morgan fingerprint density at radius 2 is 2.00 bits per heavy atom. The molecule has 100 valence electrons. The van der Waals surface area contributed by atoms with Crippen LogP contribution in [-0.2, 0) is 11.3 Å². The molecular formula is C15H18N2O2. The SMILES string of the molecule is Cc1ccc(N(Cc2ccco2)C(=O)CCN)cc1. The van der Waals surface area contributed by atoms with Gasteiger partial charge in [0.15, 0.2) is 0 Å². The van der Waals surface area contributed by atoms with Crippen molar-refractivity contribution in [2.75, 3.05) is 11.4 Å². The molecule has 0 aliphatic carbocycles. The van der Waals surface area contributed by atoms with Crippen LogP contribution in [0.3, 0.4) is 0 Å². The maximum Gasteiger partial charge on any atom is 0.228 e. The van der Waals surface area contributed by atoms with E-state index in [1.54, 1.807) is 11.2 Å². The second-order valence-electron chi connectivity index (χ2n) is 4.43. The lowest BCUT2D eigenvalue weighted by Crippen LogP contribution is -2.31. The van der Waals surface area contributed by atoms with E-state index < -0.39 is 0 Å². The molecule has 1 heterocycles. The second-order valence-corrected chi connectivity index (χ2v) is 4.43. The van der Waals surface area contributed by atoms with E-state index in [1.807, 2.05) is 43.3 Å². The van der Waals surface area contributed by atoms with Crippen LogP contribution in [0.2, 0.25) is 0 Å². The molecule has 0 aliphatic rings. The molecule has 0 aliphatic heterocycles. The molecule has 0 saturated heterocycles. The molecule has 0 radical (unpaired) electrons. The van der Waals surface area contributed by atoms with Gasteiger partial charge in [0.25, 0.3) is 0 Å². The number of nitrogens with two attached hydrogens (primary N) is 1. The molecule has 2 aromatic rings. The van der Waals surface area contributed by atoms with Crippen molar-refractivity contribution < 1.29 is 9.21 Å². The summed E-state index contributed by atoms with van der Waals surface area (Å²) in [5.41, 5.74) is 7.49. The van der Waals surface area contributed by atoms with Gasteiger partial charge in [-0.1, -0.05) is 17.7 Å². The first kappa shape index (κ1) is 13.4. The van der Waals surface area contributed by atoms with Gasteiger partial charge < -0.3 is 15.1 Å². The molecule has 1 amide bonds. The van der Waals surface area contributed by atoms with E-state index in [0.29, 0.717) is 19.5 Å². The van der Waals surface area contributed by atoms with Crippen molar-refractivity contribution in [1.82, 2.24) is 0 Å². The number of carbonyl (C=O) groups is 1. The highest BCUT2D eigenvalue weighted by Crippen LogP contribution is 2.19. The smallest absolute Gasteiger partial charge is 0.228 e.